The molecule has 0 N–H and O–H groups in total. The molecule has 78 valence electrons. The maximum absolute atomic E-state index is 11.9. The highest BCUT2D eigenvalue weighted by atomic mass is 19.3. The summed E-state index contributed by atoms with van der Waals surface area (Å²) in [6, 6.07) is 5.42. The summed E-state index contributed by atoms with van der Waals surface area (Å²) in [7, 11) is 0. The third-order valence-electron chi connectivity index (χ3n) is 1.72. The van der Waals surface area contributed by atoms with Crippen molar-refractivity contribution in [3.05, 3.63) is 29.3 Å². The summed E-state index contributed by atoms with van der Waals surface area (Å²) in [6.07, 6.45) is 0. The molecule has 0 spiro atoms. The number of nitriles is 1. The fraction of sp³-hybridized carbons (Fsp3) is 0.200. The van der Waals surface area contributed by atoms with Crippen LogP contribution in [-0.2, 0) is 0 Å². The van der Waals surface area contributed by atoms with Gasteiger partial charge in [-0.15, -0.1) is 0 Å². The van der Waals surface area contributed by atoms with E-state index in [-0.39, 0.29) is 22.7 Å². The van der Waals surface area contributed by atoms with Crippen molar-refractivity contribution < 1.29 is 18.3 Å². The molecule has 0 aromatic heterocycles. The Morgan fingerprint density at radius 1 is 1.53 bits per heavy atom. The molecule has 1 aromatic carbocycles. The lowest BCUT2D eigenvalue weighted by Gasteiger charge is -2.06. The highest BCUT2D eigenvalue weighted by molar-refractivity contribution is 5.94. The Bertz CT molecular complexity index is 424. The van der Waals surface area contributed by atoms with Crippen LogP contribution in [0.2, 0.25) is 0 Å². The number of rotatable bonds is 3. The van der Waals surface area contributed by atoms with Crippen LogP contribution in [-0.4, -0.2) is 12.4 Å². The molecule has 0 saturated carbocycles. The molecule has 5 heteroatoms. The topological polar surface area (TPSA) is 50.1 Å². The van der Waals surface area contributed by atoms with Crippen molar-refractivity contribution in [1.29, 1.82) is 5.26 Å². The first-order chi connectivity index (χ1) is 7.04. The van der Waals surface area contributed by atoms with Crippen molar-refractivity contribution in [2.75, 3.05) is 0 Å². The van der Waals surface area contributed by atoms with E-state index in [1.54, 1.807) is 6.07 Å². The van der Waals surface area contributed by atoms with Crippen LogP contribution >= 0.6 is 0 Å². The molecular weight excluding hydrogens is 204 g/mol. The average molecular weight is 211 g/mol. The van der Waals surface area contributed by atoms with Gasteiger partial charge in [0.15, 0.2) is 5.78 Å². The number of hydrogen-bond acceptors (Lipinski definition) is 3. The van der Waals surface area contributed by atoms with Crippen LogP contribution in [0.4, 0.5) is 8.78 Å². The molecule has 0 atom stereocenters. The predicted octanol–water partition coefficient (Wildman–Crippen LogP) is 2.36. The molecular formula is C10H7F2NO2. The number of ketones is 1. The average Bonchev–Trinajstić information content (AvgIpc) is 2.17. The first-order valence-electron chi connectivity index (χ1n) is 4.04. The lowest BCUT2D eigenvalue weighted by atomic mass is 10.1. The largest absolute Gasteiger partial charge is 0.433 e. The molecule has 0 amide bonds. The number of halogens is 2. The molecule has 15 heavy (non-hydrogen) atoms. The summed E-state index contributed by atoms with van der Waals surface area (Å²) < 4.78 is 27.9. The molecule has 1 aromatic rings. The second-order valence-electron chi connectivity index (χ2n) is 2.76. The molecule has 0 bridgehead atoms. The standard InChI is InChI=1S/C10H7F2NO2/c1-6(14)7-2-3-9(15-10(11)12)8(4-7)5-13/h2-4,10H,1H3. The van der Waals surface area contributed by atoms with Crippen molar-refractivity contribution in [2.45, 2.75) is 13.5 Å². The zero-order valence-electron chi connectivity index (χ0n) is 7.83. The van der Waals surface area contributed by atoms with Crippen LogP contribution in [0.25, 0.3) is 0 Å². The number of carbonyl (C=O) groups is 1. The normalized spacial score (nSPS) is 9.80. The summed E-state index contributed by atoms with van der Waals surface area (Å²) in [5, 5.41) is 8.65. The van der Waals surface area contributed by atoms with Crippen LogP contribution < -0.4 is 4.74 Å². The molecule has 3 nitrogen and oxygen atoms in total. The Balaban J connectivity index is 3.11. The van der Waals surface area contributed by atoms with Gasteiger partial charge < -0.3 is 4.74 Å². The van der Waals surface area contributed by atoms with Crippen molar-refractivity contribution in [2.24, 2.45) is 0 Å². The maximum Gasteiger partial charge on any atom is 0.387 e. The van der Waals surface area contributed by atoms with E-state index in [4.69, 9.17) is 5.26 Å². The van der Waals surface area contributed by atoms with Gasteiger partial charge in [0.25, 0.3) is 0 Å². The lowest BCUT2D eigenvalue weighted by molar-refractivity contribution is -0.0500. The van der Waals surface area contributed by atoms with E-state index in [1.807, 2.05) is 0 Å². The van der Waals surface area contributed by atoms with Crippen molar-refractivity contribution in [3.63, 3.8) is 0 Å². The molecule has 0 aliphatic rings. The van der Waals surface area contributed by atoms with Gasteiger partial charge in [0, 0.05) is 5.56 Å². The molecule has 1 rings (SSSR count). The molecule has 0 saturated heterocycles. The van der Waals surface area contributed by atoms with E-state index in [0.717, 1.165) is 0 Å². The van der Waals surface area contributed by atoms with E-state index in [1.165, 1.54) is 25.1 Å². The van der Waals surface area contributed by atoms with E-state index >= 15 is 0 Å². The number of alkyl halides is 2. The van der Waals surface area contributed by atoms with Gasteiger partial charge in [0.05, 0.1) is 5.56 Å². The highest BCUT2D eigenvalue weighted by Crippen LogP contribution is 2.21. The van der Waals surface area contributed by atoms with E-state index in [0.29, 0.717) is 0 Å². The minimum atomic E-state index is -2.99. The summed E-state index contributed by atoms with van der Waals surface area (Å²) in [5.74, 6) is -0.465. The first-order valence-corrected chi connectivity index (χ1v) is 4.04. The van der Waals surface area contributed by atoms with E-state index < -0.39 is 6.61 Å². The zero-order valence-corrected chi connectivity index (χ0v) is 7.83. The molecule has 0 aliphatic heterocycles. The SMILES string of the molecule is CC(=O)c1ccc(OC(F)F)c(C#N)c1. The molecule has 0 aliphatic carbocycles. The lowest BCUT2D eigenvalue weighted by Crippen LogP contribution is -2.04. The summed E-state index contributed by atoms with van der Waals surface area (Å²) in [6.45, 7) is -1.66. The van der Waals surface area contributed by atoms with E-state index in [2.05, 4.69) is 4.74 Å². The fourth-order valence-electron chi connectivity index (χ4n) is 1.04. The minimum absolute atomic E-state index is 0.0806. The van der Waals surface area contributed by atoms with Crippen molar-refractivity contribution >= 4 is 5.78 Å². The monoisotopic (exact) mass is 211 g/mol. The van der Waals surface area contributed by atoms with Gasteiger partial charge in [-0.1, -0.05) is 0 Å². The van der Waals surface area contributed by atoms with Gasteiger partial charge in [-0.3, -0.25) is 4.79 Å². The van der Waals surface area contributed by atoms with Gasteiger partial charge in [0.1, 0.15) is 11.8 Å². The molecule has 0 heterocycles. The van der Waals surface area contributed by atoms with Crippen LogP contribution in [0.15, 0.2) is 18.2 Å². The van der Waals surface area contributed by atoms with Gasteiger partial charge >= 0.3 is 6.61 Å². The van der Waals surface area contributed by atoms with Gasteiger partial charge in [0.2, 0.25) is 0 Å². The third kappa shape index (κ3) is 2.74. The Morgan fingerprint density at radius 2 is 2.20 bits per heavy atom. The highest BCUT2D eigenvalue weighted by Gasteiger charge is 2.11. The first kappa shape index (κ1) is 11.1. The Labute approximate surface area is 84.9 Å². The van der Waals surface area contributed by atoms with Crippen molar-refractivity contribution in [3.8, 4) is 11.8 Å². The van der Waals surface area contributed by atoms with Crippen LogP contribution in [0, 0.1) is 11.3 Å². The minimum Gasteiger partial charge on any atom is -0.433 e. The zero-order chi connectivity index (χ0) is 11.4. The predicted molar refractivity (Wildman–Crippen MR) is 47.8 cm³/mol. The second kappa shape index (κ2) is 4.51. The summed E-state index contributed by atoms with van der Waals surface area (Å²) >= 11 is 0. The number of Topliss-reactive ketones (excluding diaryl/α,β-unsaturated/α-hetero) is 1. The Morgan fingerprint density at radius 3 is 2.67 bits per heavy atom. The quantitative estimate of drug-likeness (QED) is 0.721. The summed E-state index contributed by atoms with van der Waals surface area (Å²) in [5.41, 5.74) is 0.205. The van der Waals surface area contributed by atoms with E-state index in [9.17, 15) is 13.6 Å². The molecule has 0 fully saturated rings. The second-order valence-corrected chi connectivity index (χ2v) is 2.76. The Kier molecular flexibility index (Phi) is 3.34. The summed E-state index contributed by atoms with van der Waals surface area (Å²) in [4.78, 5) is 10.9. The van der Waals surface area contributed by atoms with Crippen LogP contribution in [0.5, 0.6) is 5.75 Å². The van der Waals surface area contributed by atoms with Crippen LogP contribution in [0.1, 0.15) is 22.8 Å². The van der Waals surface area contributed by atoms with Crippen LogP contribution in [0.3, 0.4) is 0 Å². The third-order valence-corrected chi connectivity index (χ3v) is 1.72. The van der Waals surface area contributed by atoms with Gasteiger partial charge in [-0.05, 0) is 25.1 Å². The molecule has 0 radical (unpaired) electrons. The molecule has 0 unspecified atom stereocenters. The number of ether oxygens (including phenoxy) is 1. The number of benzene rings is 1. The number of hydrogen-bond donors (Lipinski definition) is 0. The fourth-order valence-corrected chi connectivity index (χ4v) is 1.04. The van der Waals surface area contributed by atoms with Crippen molar-refractivity contribution in [1.82, 2.24) is 0 Å². The van der Waals surface area contributed by atoms with Gasteiger partial charge in [-0.25, -0.2) is 0 Å². The van der Waals surface area contributed by atoms with Gasteiger partial charge in [-0.2, -0.15) is 14.0 Å². The number of nitrogens with zero attached hydrogens (tertiary/aromatic N) is 1. The Hall–Kier alpha value is -1.96. The maximum atomic E-state index is 11.9. The smallest absolute Gasteiger partial charge is 0.387 e. The number of carbonyl (C=O) groups excluding carboxylic acids is 1.